The Morgan fingerprint density at radius 3 is 1.90 bits per heavy atom. The molecule has 0 aliphatic heterocycles. The molecule has 7 heteroatoms. The lowest BCUT2D eigenvalue weighted by Gasteiger charge is -2.12. The van der Waals surface area contributed by atoms with E-state index in [2.05, 4.69) is 20.6 Å². The minimum absolute atomic E-state index is 0.133. The highest BCUT2D eigenvalue weighted by molar-refractivity contribution is 5.89. The fraction of sp³-hybridized carbons (Fsp3) is 0.227. The topological polar surface area (TPSA) is 85.4 Å². The van der Waals surface area contributed by atoms with Crippen LogP contribution in [0.4, 0.5) is 23.0 Å². The molecular weight excluding hydrogens is 368 g/mol. The second-order valence-electron chi connectivity index (χ2n) is 6.70. The van der Waals surface area contributed by atoms with Gasteiger partial charge in [-0.3, -0.25) is 0 Å². The molecule has 3 rings (SSSR count). The molecule has 2 aromatic carbocycles. The van der Waals surface area contributed by atoms with Crippen molar-refractivity contribution in [3.05, 3.63) is 66.0 Å². The van der Waals surface area contributed by atoms with Crippen molar-refractivity contribution in [3.63, 3.8) is 0 Å². The Balaban J connectivity index is 1.71. The van der Waals surface area contributed by atoms with Gasteiger partial charge in [-0.25, -0.2) is 14.8 Å². The van der Waals surface area contributed by atoms with Crippen LogP contribution in [0.3, 0.4) is 0 Å². The van der Waals surface area contributed by atoms with Crippen LogP contribution < -0.4 is 15.4 Å². The van der Waals surface area contributed by atoms with E-state index >= 15 is 0 Å². The Morgan fingerprint density at radius 1 is 0.897 bits per heavy atom. The second-order valence-corrected chi connectivity index (χ2v) is 6.70. The molecule has 2 N–H and O–H groups in total. The molecular formula is C22H24N4O3. The molecule has 0 aliphatic carbocycles. The molecule has 0 saturated heterocycles. The molecule has 0 spiro atoms. The van der Waals surface area contributed by atoms with Crippen molar-refractivity contribution < 1.29 is 14.3 Å². The third-order valence-corrected chi connectivity index (χ3v) is 3.91. The summed E-state index contributed by atoms with van der Waals surface area (Å²) in [5, 5.41) is 6.50. The van der Waals surface area contributed by atoms with E-state index in [0.717, 1.165) is 17.1 Å². The lowest BCUT2D eigenvalue weighted by Crippen LogP contribution is -2.05. The summed E-state index contributed by atoms with van der Waals surface area (Å²) in [6.07, 6.45) is 0.133. The molecule has 29 heavy (non-hydrogen) atoms. The van der Waals surface area contributed by atoms with E-state index < -0.39 is 0 Å². The summed E-state index contributed by atoms with van der Waals surface area (Å²) in [6, 6.07) is 16.5. The van der Waals surface area contributed by atoms with Gasteiger partial charge >= 0.3 is 5.97 Å². The van der Waals surface area contributed by atoms with Gasteiger partial charge in [-0.2, -0.15) is 0 Å². The van der Waals surface area contributed by atoms with Gasteiger partial charge in [0.2, 0.25) is 0 Å². The smallest absolute Gasteiger partial charge is 0.337 e. The van der Waals surface area contributed by atoms with E-state index in [1.165, 1.54) is 7.11 Å². The second kappa shape index (κ2) is 9.05. The monoisotopic (exact) mass is 392 g/mol. The summed E-state index contributed by atoms with van der Waals surface area (Å²) in [5.41, 5.74) is 2.19. The minimum atomic E-state index is -0.370. The number of carbonyl (C=O) groups is 1. The number of hydrogen-bond acceptors (Lipinski definition) is 7. The zero-order chi connectivity index (χ0) is 20.8. The van der Waals surface area contributed by atoms with Gasteiger partial charge in [0.05, 0.1) is 18.8 Å². The summed E-state index contributed by atoms with van der Waals surface area (Å²) in [5.74, 6) is 2.39. The number of esters is 1. The van der Waals surface area contributed by atoms with Gasteiger partial charge in [-0.05, 0) is 69.3 Å². The first kappa shape index (κ1) is 20.1. The quantitative estimate of drug-likeness (QED) is 0.556. The Hall–Kier alpha value is -3.61. The molecule has 0 unspecified atom stereocenters. The number of nitrogens with zero attached hydrogens (tertiary/aromatic N) is 2. The minimum Gasteiger partial charge on any atom is -0.491 e. The van der Waals surface area contributed by atoms with Crippen LogP contribution in [-0.2, 0) is 4.74 Å². The van der Waals surface area contributed by atoms with Gasteiger partial charge in [0.25, 0.3) is 0 Å². The highest BCUT2D eigenvalue weighted by atomic mass is 16.5. The van der Waals surface area contributed by atoms with Crippen LogP contribution in [0.1, 0.15) is 30.0 Å². The number of benzene rings is 2. The summed E-state index contributed by atoms with van der Waals surface area (Å²) >= 11 is 0. The Labute approximate surface area is 170 Å². The molecule has 150 valence electrons. The van der Waals surface area contributed by atoms with E-state index in [0.29, 0.717) is 23.0 Å². The normalized spacial score (nSPS) is 10.5. The summed E-state index contributed by atoms with van der Waals surface area (Å²) in [7, 11) is 1.36. The number of rotatable bonds is 7. The van der Waals surface area contributed by atoms with Gasteiger partial charge in [0.15, 0.2) is 0 Å². The van der Waals surface area contributed by atoms with Gasteiger partial charge in [0, 0.05) is 17.4 Å². The number of carbonyl (C=O) groups excluding carboxylic acids is 1. The largest absolute Gasteiger partial charge is 0.491 e. The molecule has 3 aromatic rings. The molecule has 7 nitrogen and oxygen atoms in total. The van der Waals surface area contributed by atoms with Crippen molar-refractivity contribution in [3.8, 4) is 5.75 Å². The van der Waals surface area contributed by atoms with Gasteiger partial charge in [0.1, 0.15) is 23.2 Å². The fourth-order valence-corrected chi connectivity index (χ4v) is 2.69. The molecule has 0 saturated carbocycles. The summed E-state index contributed by atoms with van der Waals surface area (Å²) < 4.78 is 10.4. The third-order valence-electron chi connectivity index (χ3n) is 3.91. The maximum atomic E-state index is 11.5. The average Bonchev–Trinajstić information content (AvgIpc) is 2.68. The van der Waals surface area contributed by atoms with Gasteiger partial charge in [-0.1, -0.05) is 0 Å². The first-order chi connectivity index (χ1) is 13.9. The van der Waals surface area contributed by atoms with Crippen molar-refractivity contribution >= 4 is 29.0 Å². The summed E-state index contributed by atoms with van der Waals surface area (Å²) in [4.78, 5) is 20.4. The lowest BCUT2D eigenvalue weighted by atomic mass is 10.2. The van der Waals surface area contributed by atoms with Crippen molar-refractivity contribution in [1.82, 2.24) is 9.97 Å². The number of aryl methyl sites for hydroxylation is 1. The number of hydrogen-bond donors (Lipinski definition) is 2. The Bertz CT molecular complexity index is 970. The van der Waals surface area contributed by atoms with E-state index in [4.69, 9.17) is 9.47 Å². The zero-order valence-corrected chi connectivity index (χ0v) is 16.9. The first-order valence-electron chi connectivity index (χ1n) is 9.28. The van der Waals surface area contributed by atoms with Crippen LogP contribution in [0, 0.1) is 6.92 Å². The SMILES string of the molecule is COC(=O)c1ccc(Nc2cc(Nc3ccc(OC(C)C)cc3)nc(C)n2)cc1. The Kier molecular flexibility index (Phi) is 6.29. The molecule has 0 amide bonds. The molecule has 0 fully saturated rings. The number of ether oxygens (including phenoxy) is 2. The molecule has 0 bridgehead atoms. The van der Waals surface area contributed by atoms with E-state index in [1.54, 1.807) is 24.3 Å². The zero-order valence-electron chi connectivity index (χ0n) is 16.9. The number of nitrogens with one attached hydrogen (secondary N) is 2. The lowest BCUT2D eigenvalue weighted by molar-refractivity contribution is 0.0601. The number of aromatic nitrogens is 2. The van der Waals surface area contributed by atoms with Crippen LogP contribution in [0.5, 0.6) is 5.75 Å². The Morgan fingerprint density at radius 2 is 1.41 bits per heavy atom. The molecule has 1 heterocycles. The number of anilines is 4. The predicted octanol–water partition coefficient (Wildman–Crippen LogP) is 4.85. The van der Waals surface area contributed by atoms with Crippen molar-refractivity contribution in [2.75, 3.05) is 17.7 Å². The summed E-state index contributed by atoms with van der Waals surface area (Å²) in [6.45, 7) is 5.82. The molecule has 0 radical (unpaired) electrons. The third kappa shape index (κ3) is 5.68. The van der Waals surface area contributed by atoms with Crippen LogP contribution >= 0.6 is 0 Å². The van der Waals surface area contributed by atoms with E-state index in [9.17, 15) is 4.79 Å². The molecule has 0 atom stereocenters. The predicted molar refractivity (Wildman–Crippen MR) is 113 cm³/mol. The highest BCUT2D eigenvalue weighted by Gasteiger charge is 2.07. The molecule has 0 aliphatic rings. The van der Waals surface area contributed by atoms with Crippen molar-refractivity contribution in [1.29, 1.82) is 0 Å². The van der Waals surface area contributed by atoms with E-state index in [-0.39, 0.29) is 12.1 Å². The maximum absolute atomic E-state index is 11.5. The van der Waals surface area contributed by atoms with E-state index in [1.807, 2.05) is 51.1 Å². The van der Waals surface area contributed by atoms with Gasteiger partial charge in [-0.15, -0.1) is 0 Å². The fourth-order valence-electron chi connectivity index (χ4n) is 2.69. The van der Waals surface area contributed by atoms with Crippen LogP contribution in [0.15, 0.2) is 54.6 Å². The highest BCUT2D eigenvalue weighted by Crippen LogP contribution is 2.23. The molecule has 1 aromatic heterocycles. The van der Waals surface area contributed by atoms with Crippen LogP contribution in [0.25, 0.3) is 0 Å². The van der Waals surface area contributed by atoms with Crippen LogP contribution in [-0.4, -0.2) is 29.2 Å². The number of methoxy groups -OCH3 is 1. The van der Waals surface area contributed by atoms with Crippen LogP contribution in [0.2, 0.25) is 0 Å². The average molecular weight is 392 g/mol. The first-order valence-corrected chi connectivity index (χ1v) is 9.28. The van der Waals surface area contributed by atoms with Crippen molar-refractivity contribution in [2.24, 2.45) is 0 Å². The van der Waals surface area contributed by atoms with Crippen molar-refractivity contribution in [2.45, 2.75) is 26.9 Å². The maximum Gasteiger partial charge on any atom is 0.337 e. The van der Waals surface area contributed by atoms with Gasteiger partial charge < -0.3 is 20.1 Å². The standard InChI is InChI=1S/C22H24N4O3/c1-14(2)29-19-11-9-18(10-12-19)26-21-13-20(23-15(3)24-21)25-17-7-5-16(6-8-17)22(27)28-4/h5-14H,1-4H3,(H2,23,24,25,26).